The first-order valence-corrected chi connectivity index (χ1v) is 4.62. The van der Waals surface area contributed by atoms with Crippen LogP contribution in [-0.2, 0) is 19.5 Å². The molecule has 4 nitrogen and oxygen atoms in total. The number of rotatable bonds is 5. The van der Waals surface area contributed by atoms with Crippen molar-refractivity contribution in [2.75, 3.05) is 13.7 Å². The Hall–Kier alpha value is -0.870. The first-order chi connectivity index (χ1) is 6.33. The summed E-state index contributed by atoms with van der Waals surface area (Å²) in [6, 6.07) is 0. The smallest absolute Gasteiger partial charge is 0.0554 e. The molecular weight excluding hydrogens is 166 g/mol. The Morgan fingerprint density at radius 1 is 1.62 bits per heavy atom. The maximum atomic E-state index is 8.84. The van der Waals surface area contributed by atoms with E-state index in [-0.39, 0.29) is 6.61 Å². The van der Waals surface area contributed by atoms with Crippen molar-refractivity contribution in [2.24, 2.45) is 0 Å². The second-order valence-corrected chi connectivity index (χ2v) is 2.94. The van der Waals surface area contributed by atoms with Crippen LogP contribution in [0.4, 0.5) is 0 Å². The molecule has 0 atom stereocenters. The summed E-state index contributed by atoms with van der Waals surface area (Å²) in [7, 11) is 1.91. The van der Waals surface area contributed by atoms with E-state index in [9.17, 15) is 0 Å². The van der Waals surface area contributed by atoms with Gasteiger partial charge in [0.1, 0.15) is 0 Å². The lowest BCUT2D eigenvalue weighted by atomic mass is 10.2. The van der Waals surface area contributed by atoms with Gasteiger partial charge in [0.15, 0.2) is 0 Å². The summed E-state index contributed by atoms with van der Waals surface area (Å²) in [5, 5.41) is 16.2. The summed E-state index contributed by atoms with van der Waals surface area (Å²) in [4.78, 5) is 0. The maximum Gasteiger partial charge on any atom is 0.0554 e. The van der Waals surface area contributed by atoms with Crippen molar-refractivity contribution in [1.82, 2.24) is 15.1 Å². The van der Waals surface area contributed by atoms with E-state index in [0.29, 0.717) is 6.42 Å². The van der Waals surface area contributed by atoms with Gasteiger partial charge in [-0.1, -0.05) is 0 Å². The molecule has 0 aliphatic heterocycles. The van der Waals surface area contributed by atoms with E-state index in [1.165, 1.54) is 5.69 Å². The van der Waals surface area contributed by atoms with E-state index in [0.717, 1.165) is 18.7 Å². The molecule has 74 valence electrons. The highest BCUT2D eigenvalue weighted by Crippen LogP contribution is 2.08. The summed E-state index contributed by atoms with van der Waals surface area (Å²) < 4.78 is 1.96. The molecule has 2 N–H and O–H groups in total. The second kappa shape index (κ2) is 4.99. The van der Waals surface area contributed by atoms with Gasteiger partial charge in [-0.15, -0.1) is 0 Å². The molecule has 1 aromatic rings. The van der Waals surface area contributed by atoms with Crippen LogP contribution in [-0.4, -0.2) is 28.5 Å². The third kappa shape index (κ3) is 2.29. The minimum atomic E-state index is 0.187. The molecule has 1 aromatic heterocycles. The lowest BCUT2D eigenvalue weighted by Gasteiger charge is -2.06. The number of aromatic nitrogens is 2. The van der Waals surface area contributed by atoms with Crippen molar-refractivity contribution in [3.05, 3.63) is 17.5 Å². The quantitative estimate of drug-likeness (QED) is 0.683. The van der Waals surface area contributed by atoms with Gasteiger partial charge in [0.05, 0.1) is 11.9 Å². The van der Waals surface area contributed by atoms with Gasteiger partial charge < -0.3 is 10.4 Å². The van der Waals surface area contributed by atoms with E-state index in [1.807, 2.05) is 17.9 Å². The molecule has 0 saturated carbocycles. The van der Waals surface area contributed by atoms with Crippen molar-refractivity contribution >= 4 is 0 Å². The van der Waals surface area contributed by atoms with Gasteiger partial charge in [0.25, 0.3) is 0 Å². The highest BCUT2D eigenvalue weighted by atomic mass is 16.2. The maximum absolute atomic E-state index is 8.84. The Kier molecular flexibility index (Phi) is 3.92. The molecular formula is C9H17N3O. The second-order valence-electron chi connectivity index (χ2n) is 2.94. The molecule has 0 fully saturated rings. The number of aryl methyl sites for hydroxylation is 1. The zero-order valence-electron chi connectivity index (χ0n) is 8.25. The Bertz CT molecular complexity index is 257. The van der Waals surface area contributed by atoms with Crippen LogP contribution in [0.2, 0.25) is 0 Å². The molecule has 13 heavy (non-hydrogen) atoms. The summed E-state index contributed by atoms with van der Waals surface area (Å²) in [5.41, 5.74) is 2.32. The monoisotopic (exact) mass is 183 g/mol. The SMILES string of the molecule is CCn1ncc(CCO)c1CNC. The van der Waals surface area contributed by atoms with Gasteiger partial charge in [-0.3, -0.25) is 4.68 Å². The molecule has 0 radical (unpaired) electrons. The van der Waals surface area contributed by atoms with E-state index < -0.39 is 0 Å². The average molecular weight is 183 g/mol. The van der Waals surface area contributed by atoms with Crippen molar-refractivity contribution in [3.8, 4) is 0 Å². The van der Waals surface area contributed by atoms with Gasteiger partial charge in [-0.25, -0.2) is 0 Å². The van der Waals surface area contributed by atoms with Crippen LogP contribution in [0.3, 0.4) is 0 Å². The summed E-state index contributed by atoms with van der Waals surface area (Å²) >= 11 is 0. The normalized spacial score (nSPS) is 10.7. The van der Waals surface area contributed by atoms with Crippen LogP contribution in [0.5, 0.6) is 0 Å². The third-order valence-electron chi connectivity index (χ3n) is 2.06. The van der Waals surface area contributed by atoms with Crippen molar-refractivity contribution < 1.29 is 5.11 Å². The van der Waals surface area contributed by atoms with Gasteiger partial charge in [0.2, 0.25) is 0 Å². The number of hydrogen-bond donors (Lipinski definition) is 2. The third-order valence-corrected chi connectivity index (χ3v) is 2.06. The number of hydrogen-bond acceptors (Lipinski definition) is 3. The zero-order valence-corrected chi connectivity index (χ0v) is 8.25. The first-order valence-electron chi connectivity index (χ1n) is 4.62. The van der Waals surface area contributed by atoms with E-state index in [2.05, 4.69) is 17.3 Å². The van der Waals surface area contributed by atoms with Crippen LogP contribution >= 0.6 is 0 Å². The van der Waals surface area contributed by atoms with Gasteiger partial charge >= 0.3 is 0 Å². The molecule has 1 rings (SSSR count). The van der Waals surface area contributed by atoms with E-state index >= 15 is 0 Å². The van der Waals surface area contributed by atoms with Crippen LogP contribution in [0.1, 0.15) is 18.2 Å². The summed E-state index contributed by atoms with van der Waals surface area (Å²) in [5.74, 6) is 0. The molecule has 0 aliphatic carbocycles. The fourth-order valence-electron chi connectivity index (χ4n) is 1.42. The predicted molar refractivity (Wildman–Crippen MR) is 51.5 cm³/mol. The highest BCUT2D eigenvalue weighted by molar-refractivity contribution is 5.17. The number of aliphatic hydroxyl groups excluding tert-OH is 1. The minimum absolute atomic E-state index is 0.187. The van der Waals surface area contributed by atoms with E-state index in [1.54, 1.807) is 0 Å². The standard InChI is InChI=1S/C9H17N3O/c1-3-12-9(7-10-2)8(4-5-13)6-11-12/h6,10,13H,3-5,7H2,1-2H3. The van der Waals surface area contributed by atoms with Gasteiger partial charge in [-0.05, 0) is 26.0 Å². The molecule has 0 aromatic carbocycles. The Morgan fingerprint density at radius 2 is 2.38 bits per heavy atom. The molecule has 0 unspecified atom stereocenters. The summed E-state index contributed by atoms with van der Waals surface area (Å²) in [6.45, 7) is 3.94. The molecule has 0 aliphatic rings. The topological polar surface area (TPSA) is 50.1 Å². The fourth-order valence-corrected chi connectivity index (χ4v) is 1.42. The summed E-state index contributed by atoms with van der Waals surface area (Å²) in [6.07, 6.45) is 2.53. The molecule has 4 heteroatoms. The zero-order chi connectivity index (χ0) is 9.68. The fraction of sp³-hybridized carbons (Fsp3) is 0.667. The minimum Gasteiger partial charge on any atom is -0.396 e. The Labute approximate surface area is 78.6 Å². The number of nitrogens with zero attached hydrogens (tertiary/aromatic N) is 2. The Balaban J connectivity index is 2.85. The highest BCUT2D eigenvalue weighted by Gasteiger charge is 2.07. The number of aliphatic hydroxyl groups is 1. The van der Waals surface area contributed by atoms with Gasteiger partial charge in [0, 0.05) is 19.7 Å². The molecule has 0 saturated heterocycles. The van der Waals surface area contributed by atoms with Crippen LogP contribution in [0, 0.1) is 0 Å². The largest absolute Gasteiger partial charge is 0.396 e. The average Bonchev–Trinajstić information content (AvgIpc) is 2.50. The number of nitrogens with one attached hydrogen (secondary N) is 1. The Morgan fingerprint density at radius 3 is 2.92 bits per heavy atom. The van der Waals surface area contributed by atoms with E-state index in [4.69, 9.17) is 5.11 Å². The molecule has 0 amide bonds. The molecule has 1 heterocycles. The van der Waals surface area contributed by atoms with Crippen molar-refractivity contribution in [3.63, 3.8) is 0 Å². The predicted octanol–water partition coefficient (Wildman–Crippen LogP) is 0.157. The lowest BCUT2D eigenvalue weighted by molar-refractivity contribution is 0.299. The van der Waals surface area contributed by atoms with Crippen molar-refractivity contribution in [2.45, 2.75) is 26.4 Å². The molecule has 0 spiro atoms. The van der Waals surface area contributed by atoms with Crippen LogP contribution in [0.25, 0.3) is 0 Å². The van der Waals surface area contributed by atoms with Crippen molar-refractivity contribution in [1.29, 1.82) is 0 Å². The van der Waals surface area contributed by atoms with Gasteiger partial charge in [-0.2, -0.15) is 5.10 Å². The molecule has 0 bridgehead atoms. The van der Waals surface area contributed by atoms with Crippen LogP contribution < -0.4 is 5.32 Å². The first kappa shape index (κ1) is 10.2. The van der Waals surface area contributed by atoms with Crippen LogP contribution in [0.15, 0.2) is 6.20 Å². The lowest BCUT2D eigenvalue weighted by Crippen LogP contribution is -2.13.